The molecule has 170 valence electrons. The molecule has 0 spiro atoms. The number of carbonyl (C=O) groups is 1. The zero-order valence-electron chi connectivity index (χ0n) is 18.5. The van der Waals surface area contributed by atoms with Crippen molar-refractivity contribution in [1.82, 2.24) is 20.0 Å². The predicted octanol–water partition coefficient (Wildman–Crippen LogP) is 1.53. The first-order valence-electron chi connectivity index (χ1n) is 10.6. The van der Waals surface area contributed by atoms with E-state index in [1.54, 1.807) is 24.1 Å². The second-order valence-corrected chi connectivity index (χ2v) is 9.97. The van der Waals surface area contributed by atoms with E-state index in [1.165, 1.54) is 18.4 Å². The number of ether oxygens (including phenoxy) is 1. The first-order chi connectivity index (χ1) is 14.3. The lowest BCUT2D eigenvalue weighted by molar-refractivity contribution is 0.152. The summed E-state index contributed by atoms with van der Waals surface area (Å²) in [6, 6.07) is 6.30. The molecule has 1 aliphatic rings. The molecule has 30 heavy (non-hydrogen) atoms. The van der Waals surface area contributed by atoms with Crippen LogP contribution < -0.4 is 10.1 Å². The fraction of sp³-hybridized carbons (Fsp3) is 0.667. The Bertz CT molecular complexity index is 747. The van der Waals surface area contributed by atoms with E-state index in [2.05, 4.69) is 22.2 Å². The van der Waals surface area contributed by atoms with E-state index in [9.17, 15) is 13.2 Å². The highest BCUT2D eigenvalue weighted by Gasteiger charge is 2.13. The van der Waals surface area contributed by atoms with Crippen LogP contribution in [0.25, 0.3) is 0 Å². The minimum Gasteiger partial charge on any atom is -0.494 e. The molecule has 2 rings (SSSR count). The molecule has 1 N–H and O–H groups in total. The van der Waals surface area contributed by atoms with E-state index in [0.717, 1.165) is 45.6 Å². The topological polar surface area (TPSA) is 82.2 Å². The minimum absolute atomic E-state index is 0.0629. The zero-order valence-corrected chi connectivity index (χ0v) is 19.3. The third kappa shape index (κ3) is 8.89. The molecule has 0 aromatic heterocycles. The first kappa shape index (κ1) is 24.4. The monoisotopic (exact) mass is 440 g/mol. The molecule has 1 saturated heterocycles. The number of unbranched alkanes of at least 4 members (excludes halogenated alkanes) is 1. The van der Waals surface area contributed by atoms with Crippen molar-refractivity contribution in [2.75, 3.05) is 72.8 Å². The second kappa shape index (κ2) is 12.1. The fourth-order valence-corrected chi connectivity index (χ4v) is 3.87. The molecular formula is C21H36N4O4S. The van der Waals surface area contributed by atoms with Gasteiger partial charge < -0.3 is 24.8 Å². The summed E-state index contributed by atoms with van der Waals surface area (Å²) in [6.45, 7) is 7.39. The van der Waals surface area contributed by atoms with Crippen LogP contribution in [0.15, 0.2) is 29.2 Å². The zero-order chi connectivity index (χ0) is 22.0. The van der Waals surface area contributed by atoms with Crippen LogP contribution in [0.2, 0.25) is 0 Å². The van der Waals surface area contributed by atoms with Crippen molar-refractivity contribution in [2.45, 2.75) is 24.2 Å². The number of hydrogen-bond acceptors (Lipinski definition) is 6. The van der Waals surface area contributed by atoms with Crippen molar-refractivity contribution in [3.05, 3.63) is 24.3 Å². The molecule has 1 fully saturated rings. The molecule has 9 heteroatoms. The third-order valence-corrected chi connectivity index (χ3v) is 6.41. The average Bonchev–Trinajstić information content (AvgIpc) is 2.71. The van der Waals surface area contributed by atoms with Crippen molar-refractivity contribution >= 4 is 15.9 Å². The predicted molar refractivity (Wildman–Crippen MR) is 119 cm³/mol. The Hall–Kier alpha value is -1.84. The van der Waals surface area contributed by atoms with Gasteiger partial charge in [0.1, 0.15) is 5.75 Å². The molecule has 0 saturated carbocycles. The maximum absolute atomic E-state index is 12.1. The summed E-state index contributed by atoms with van der Waals surface area (Å²) in [6.07, 6.45) is 3.96. The van der Waals surface area contributed by atoms with Crippen LogP contribution in [-0.2, 0) is 9.84 Å². The molecule has 1 aromatic carbocycles. The maximum atomic E-state index is 12.1. The normalized spacial score (nSPS) is 15.7. The number of urea groups is 1. The van der Waals surface area contributed by atoms with Crippen LogP contribution >= 0.6 is 0 Å². The van der Waals surface area contributed by atoms with E-state index in [4.69, 9.17) is 4.74 Å². The Morgan fingerprint density at radius 1 is 1.10 bits per heavy atom. The van der Waals surface area contributed by atoms with Gasteiger partial charge >= 0.3 is 6.03 Å². The van der Waals surface area contributed by atoms with Crippen molar-refractivity contribution in [2.24, 2.45) is 0 Å². The quantitative estimate of drug-likeness (QED) is 0.526. The number of amides is 2. The van der Waals surface area contributed by atoms with Crippen LogP contribution in [0.1, 0.15) is 19.3 Å². The number of hydrogen-bond donors (Lipinski definition) is 1. The molecule has 2 amide bonds. The Morgan fingerprint density at radius 2 is 1.77 bits per heavy atom. The molecule has 1 heterocycles. The number of likely N-dealkylation sites (N-methyl/N-ethyl adjacent to an activating group) is 1. The minimum atomic E-state index is -3.20. The Labute approximate surface area is 181 Å². The number of sulfone groups is 1. The largest absolute Gasteiger partial charge is 0.494 e. The number of benzene rings is 1. The van der Waals surface area contributed by atoms with E-state index in [0.29, 0.717) is 31.9 Å². The smallest absolute Gasteiger partial charge is 0.317 e. The Balaban J connectivity index is 1.52. The van der Waals surface area contributed by atoms with Crippen molar-refractivity contribution < 1.29 is 17.9 Å². The van der Waals surface area contributed by atoms with Crippen LogP contribution in [0.5, 0.6) is 5.75 Å². The van der Waals surface area contributed by atoms with Crippen molar-refractivity contribution in [3.63, 3.8) is 0 Å². The first-order valence-corrected chi connectivity index (χ1v) is 12.5. The number of nitrogens with one attached hydrogen (secondary N) is 1. The van der Waals surface area contributed by atoms with Crippen LogP contribution in [-0.4, -0.2) is 102 Å². The molecular weight excluding hydrogens is 404 g/mol. The van der Waals surface area contributed by atoms with Gasteiger partial charge in [-0.05, 0) is 57.1 Å². The van der Waals surface area contributed by atoms with Crippen LogP contribution in [0.4, 0.5) is 4.79 Å². The summed E-state index contributed by atoms with van der Waals surface area (Å²) in [5.74, 6) is 0.620. The van der Waals surface area contributed by atoms with Crippen molar-refractivity contribution in [1.29, 1.82) is 0 Å². The molecule has 1 aromatic rings. The highest BCUT2D eigenvalue weighted by atomic mass is 32.2. The van der Waals surface area contributed by atoms with Gasteiger partial charge in [0.2, 0.25) is 0 Å². The van der Waals surface area contributed by atoms with Gasteiger partial charge in [-0.1, -0.05) is 0 Å². The van der Waals surface area contributed by atoms with Gasteiger partial charge in [-0.2, -0.15) is 0 Å². The SMILES string of the molecule is CN1CCN(CCCCNC(=O)N(C)CCCOc2ccc(S(C)(=O)=O)cc2)CC1. The summed E-state index contributed by atoms with van der Waals surface area (Å²) in [5.41, 5.74) is 0. The summed E-state index contributed by atoms with van der Waals surface area (Å²) in [7, 11) is 0.743. The van der Waals surface area contributed by atoms with Crippen LogP contribution in [0.3, 0.4) is 0 Å². The van der Waals surface area contributed by atoms with Gasteiger partial charge in [0.15, 0.2) is 9.84 Å². The van der Waals surface area contributed by atoms with Gasteiger partial charge in [-0.15, -0.1) is 0 Å². The molecule has 0 bridgehead atoms. The van der Waals surface area contributed by atoms with E-state index in [1.807, 2.05) is 0 Å². The average molecular weight is 441 g/mol. The lowest BCUT2D eigenvalue weighted by Gasteiger charge is -2.32. The van der Waals surface area contributed by atoms with Gasteiger partial charge in [-0.25, -0.2) is 13.2 Å². The lowest BCUT2D eigenvalue weighted by atomic mass is 10.2. The van der Waals surface area contributed by atoms with Gasteiger partial charge in [0.05, 0.1) is 11.5 Å². The summed E-state index contributed by atoms with van der Waals surface area (Å²) in [4.78, 5) is 18.9. The van der Waals surface area contributed by atoms with E-state index >= 15 is 0 Å². The number of carbonyl (C=O) groups excluding carboxylic acids is 1. The lowest BCUT2D eigenvalue weighted by Crippen LogP contribution is -2.44. The molecule has 0 atom stereocenters. The van der Waals surface area contributed by atoms with Gasteiger partial charge in [-0.3, -0.25) is 0 Å². The number of piperazine rings is 1. The molecule has 0 aliphatic carbocycles. The molecule has 0 unspecified atom stereocenters. The van der Waals surface area contributed by atoms with Crippen molar-refractivity contribution in [3.8, 4) is 5.75 Å². The number of nitrogens with zero attached hydrogens (tertiary/aromatic N) is 3. The number of rotatable bonds is 11. The van der Waals surface area contributed by atoms with E-state index in [-0.39, 0.29) is 10.9 Å². The standard InChI is InChI=1S/C21H36N4O4S/c1-23-14-16-25(17-15-23)13-5-4-11-22-21(26)24(2)12-6-18-29-19-7-9-20(10-8-19)30(3,27)28/h7-10H,4-6,11-18H2,1-3H3,(H,22,26). The molecule has 1 aliphatic heterocycles. The molecule has 0 radical (unpaired) electrons. The fourth-order valence-electron chi connectivity index (χ4n) is 3.24. The Morgan fingerprint density at radius 3 is 2.40 bits per heavy atom. The summed E-state index contributed by atoms with van der Waals surface area (Å²) < 4.78 is 28.5. The highest BCUT2D eigenvalue weighted by Crippen LogP contribution is 2.15. The Kier molecular flexibility index (Phi) is 9.87. The van der Waals surface area contributed by atoms with Crippen LogP contribution in [0, 0.1) is 0 Å². The van der Waals surface area contributed by atoms with Gasteiger partial charge in [0, 0.05) is 52.6 Å². The third-order valence-electron chi connectivity index (χ3n) is 5.28. The van der Waals surface area contributed by atoms with Gasteiger partial charge in [0.25, 0.3) is 0 Å². The second-order valence-electron chi connectivity index (χ2n) is 7.95. The summed E-state index contributed by atoms with van der Waals surface area (Å²) >= 11 is 0. The summed E-state index contributed by atoms with van der Waals surface area (Å²) in [5, 5.41) is 2.97. The highest BCUT2D eigenvalue weighted by molar-refractivity contribution is 7.90. The van der Waals surface area contributed by atoms with E-state index < -0.39 is 9.84 Å². The maximum Gasteiger partial charge on any atom is 0.317 e. The molecule has 8 nitrogen and oxygen atoms in total.